The summed E-state index contributed by atoms with van der Waals surface area (Å²) >= 11 is 7.25. The number of hydrogen-bond donors (Lipinski definition) is 0. The summed E-state index contributed by atoms with van der Waals surface area (Å²) in [5.74, 6) is 2.02. The van der Waals surface area contributed by atoms with Crippen molar-refractivity contribution >= 4 is 28.8 Å². The van der Waals surface area contributed by atoms with Gasteiger partial charge in [0, 0.05) is 18.6 Å². The first-order chi connectivity index (χ1) is 14.9. The Morgan fingerprint density at radius 3 is 2.48 bits per heavy atom. The molecule has 0 saturated carbocycles. The SMILES string of the molecule is COc1ccc(CCN(C)C(=O)c2sc(COc3ccc(Cl)cc3)nc2C)cc1OC. The molecule has 1 amide bonds. The Labute approximate surface area is 191 Å². The van der Waals surface area contributed by atoms with Crippen molar-refractivity contribution in [1.82, 2.24) is 9.88 Å². The predicted octanol–water partition coefficient (Wildman–Crippen LogP) is 5.02. The minimum absolute atomic E-state index is 0.0479. The lowest BCUT2D eigenvalue weighted by Crippen LogP contribution is -2.28. The summed E-state index contributed by atoms with van der Waals surface area (Å²) in [6.45, 7) is 2.72. The van der Waals surface area contributed by atoms with E-state index >= 15 is 0 Å². The smallest absolute Gasteiger partial charge is 0.265 e. The topological polar surface area (TPSA) is 60.9 Å². The average Bonchev–Trinajstić information content (AvgIpc) is 3.16. The van der Waals surface area contributed by atoms with Crippen LogP contribution in [0.15, 0.2) is 42.5 Å². The lowest BCUT2D eigenvalue weighted by Gasteiger charge is -2.17. The van der Waals surface area contributed by atoms with E-state index in [1.54, 1.807) is 50.4 Å². The number of carbonyl (C=O) groups excluding carboxylic acids is 1. The zero-order valence-electron chi connectivity index (χ0n) is 18.0. The lowest BCUT2D eigenvalue weighted by molar-refractivity contribution is 0.0800. The quantitative estimate of drug-likeness (QED) is 0.449. The lowest BCUT2D eigenvalue weighted by atomic mass is 10.1. The summed E-state index contributed by atoms with van der Waals surface area (Å²) < 4.78 is 16.4. The van der Waals surface area contributed by atoms with Crippen LogP contribution >= 0.6 is 22.9 Å². The van der Waals surface area contributed by atoms with Crippen molar-refractivity contribution in [2.24, 2.45) is 0 Å². The zero-order valence-corrected chi connectivity index (χ0v) is 19.5. The molecule has 0 aliphatic rings. The first-order valence-electron chi connectivity index (χ1n) is 9.72. The molecule has 0 bridgehead atoms. The van der Waals surface area contributed by atoms with Gasteiger partial charge in [0.15, 0.2) is 11.5 Å². The summed E-state index contributed by atoms with van der Waals surface area (Å²) in [6.07, 6.45) is 0.701. The third-order valence-electron chi connectivity index (χ3n) is 4.74. The number of likely N-dealkylation sites (N-methyl/N-ethyl adjacent to an activating group) is 1. The molecule has 0 aliphatic carbocycles. The van der Waals surface area contributed by atoms with E-state index in [0.717, 1.165) is 10.6 Å². The van der Waals surface area contributed by atoms with Crippen LogP contribution in [-0.2, 0) is 13.0 Å². The van der Waals surface area contributed by atoms with Crippen molar-refractivity contribution in [3.8, 4) is 17.2 Å². The Bertz CT molecular complexity index is 1040. The number of methoxy groups -OCH3 is 2. The van der Waals surface area contributed by atoms with Gasteiger partial charge < -0.3 is 19.1 Å². The van der Waals surface area contributed by atoms with E-state index in [1.807, 2.05) is 25.1 Å². The molecular weight excluding hydrogens is 436 g/mol. The van der Waals surface area contributed by atoms with Gasteiger partial charge in [-0.05, 0) is 55.3 Å². The fraction of sp³-hybridized carbons (Fsp3) is 0.304. The minimum Gasteiger partial charge on any atom is -0.493 e. The third-order valence-corrected chi connectivity index (χ3v) is 6.11. The van der Waals surface area contributed by atoms with Gasteiger partial charge in [-0.1, -0.05) is 17.7 Å². The maximum absolute atomic E-state index is 12.9. The van der Waals surface area contributed by atoms with Crippen molar-refractivity contribution in [3.63, 3.8) is 0 Å². The van der Waals surface area contributed by atoms with E-state index in [0.29, 0.717) is 52.4 Å². The largest absolute Gasteiger partial charge is 0.493 e. The Hall–Kier alpha value is -2.77. The van der Waals surface area contributed by atoms with E-state index in [9.17, 15) is 4.79 Å². The van der Waals surface area contributed by atoms with Gasteiger partial charge in [0.2, 0.25) is 0 Å². The van der Waals surface area contributed by atoms with Crippen LogP contribution in [0.25, 0.3) is 0 Å². The van der Waals surface area contributed by atoms with E-state index in [1.165, 1.54) is 11.3 Å². The van der Waals surface area contributed by atoms with Gasteiger partial charge in [0.1, 0.15) is 22.2 Å². The number of aromatic nitrogens is 1. The van der Waals surface area contributed by atoms with Gasteiger partial charge in [-0.25, -0.2) is 4.98 Å². The van der Waals surface area contributed by atoms with E-state index < -0.39 is 0 Å². The second-order valence-corrected chi connectivity index (χ2v) is 8.45. The van der Waals surface area contributed by atoms with Crippen LogP contribution in [0.3, 0.4) is 0 Å². The first-order valence-corrected chi connectivity index (χ1v) is 10.9. The first kappa shape index (κ1) is 22.9. The van der Waals surface area contributed by atoms with Gasteiger partial charge >= 0.3 is 0 Å². The summed E-state index contributed by atoms with van der Waals surface area (Å²) in [6, 6.07) is 12.9. The Morgan fingerprint density at radius 2 is 1.81 bits per heavy atom. The normalized spacial score (nSPS) is 10.6. The van der Waals surface area contributed by atoms with E-state index in [2.05, 4.69) is 4.98 Å². The second-order valence-electron chi connectivity index (χ2n) is 6.93. The Kier molecular flexibility index (Phi) is 7.76. The number of rotatable bonds is 9. The summed E-state index contributed by atoms with van der Waals surface area (Å²) in [7, 11) is 5.01. The number of hydrogen-bond acceptors (Lipinski definition) is 6. The number of nitrogens with zero attached hydrogens (tertiary/aromatic N) is 2. The maximum atomic E-state index is 12.9. The summed E-state index contributed by atoms with van der Waals surface area (Å²) in [5, 5.41) is 1.41. The number of aryl methyl sites for hydroxylation is 1. The van der Waals surface area contributed by atoms with E-state index in [4.69, 9.17) is 25.8 Å². The number of benzene rings is 2. The molecule has 0 spiro atoms. The number of ether oxygens (including phenoxy) is 3. The van der Waals surface area contributed by atoms with Gasteiger partial charge in [-0.3, -0.25) is 4.79 Å². The molecule has 0 fully saturated rings. The highest BCUT2D eigenvalue weighted by atomic mass is 35.5. The minimum atomic E-state index is -0.0479. The number of carbonyl (C=O) groups is 1. The van der Waals surface area contributed by atoms with Crippen LogP contribution in [-0.4, -0.2) is 43.6 Å². The highest BCUT2D eigenvalue weighted by Crippen LogP contribution is 2.28. The molecule has 6 nitrogen and oxygen atoms in total. The van der Waals surface area contributed by atoms with Gasteiger partial charge in [-0.2, -0.15) is 0 Å². The fourth-order valence-electron chi connectivity index (χ4n) is 3.00. The molecule has 0 aliphatic heterocycles. The number of amides is 1. The molecule has 1 heterocycles. The summed E-state index contributed by atoms with van der Waals surface area (Å²) in [5.41, 5.74) is 1.78. The Morgan fingerprint density at radius 1 is 1.10 bits per heavy atom. The molecule has 31 heavy (non-hydrogen) atoms. The van der Waals surface area contributed by atoms with Gasteiger partial charge in [-0.15, -0.1) is 11.3 Å². The van der Waals surface area contributed by atoms with Gasteiger partial charge in [0.25, 0.3) is 5.91 Å². The van der Waals surface area contributed by atoms with Crippen LogP contribution in [0.5, 0.6) is 17.2 Å². The molecule has 1 aromatic heterocycles. The molecular formula is C23H25ClN2O4S. The third kappa shape index (κ3) is 5.89. The highest BCUT2D eigenvalue weighted by Gasteiger charge is 2.19. The number of halogens is 1. The average molecular weight is 461 g/mol. The molecule has 0 radical (unpaired) electrons. The van der Waals surface area contributed by atoms with Crippen LogP contribution in [0.2, 0.25) is 5.02 Å². The fourth-order valence-corrected chi connectivity index (χ4v) is 4.09. The van der Waals surface area contributed by atoms with Crippen LogP contribution in [0, 0.1) is 6.92 Å². The predicted molar refractivity (Wildman–Crippen MR) is 123 cm³/mol. The summed E-state index contributed by atoms with van der Waals surface area (Å²) in [4.78, 5) is 19.8. The molecule has 164 valence electrons. The number of thiazole rings is 1. The standard InChI is InChI=1S/C23H25ClN2O4S/c1-15-22(31-21(25-15)14-30-18-8-6-17(24)7-9-18)23(27)26(2)12-11-16-5-10-19(28-3)20(13-16)29-4/h5-10,13H,11-12,14H2,1-4H3. The van der Waals surface area contributed by atoms with E-state index in [-0.39, 0.29) is 5.91 Å². The molecule has 0 N–H and O–H groups in total. The van der Waals surface area contributed by atoms with Crippen LogP contribution in [0.1, 0.15) is 25.9 Å². The monoisotopic (exact) mass is 460 g/mol. The molecule has 0 saturated heterocycles. The van der Waals surface area contributed by atoms with Crippen molar-refractivity contribution < 1.29 is 19.0 Å². The van der Waals surface area contributed by atoms with Crippen LogP contribution in [0.4, 0.5) is 0 Å². The molecule has 2 aromatic carbocycles. The van der Waals surface area contributed by atoms with Crippen molar-refractivity contribution in [2.75, 3.05) is 27.8 Å². The highest BCUT2D eigenvalue weighted by molar-refractivity contribution is 7.13. The molecule has 0 atom stereocenters. The molecule has 8 heteroatoms. The second kappa shape index (κ2) is 10.5. The van der Waals surface area contributed by atoms with Crippen molar-refractivity contribution in [1.29, 1.82) is 0 Å². The van der Waals surface area contributed by atoms with Gasteiger partial charge in [0.05, 0.1) is 19.9 Å². The van der Waals surface area contributed by atoms with Crippen molar-refractivity contribution in [3.05, 3.63) is 68.6 Å². The maximum Gasteiger partial charge on any atom is 0.265 e. The molecule has 0 unspecified atom stereocenters. The zero-order chi connectivity index (χ0) is 22.4. The van der Waals surface area contributed by atoms with Crippen LogP contribution < -0.4 is 14.2 Å². The Balaban J connectivity index is 1.59. The van der Waals surface area contributed by atoms with Crippen molar-refractivity contribution in [2.45, 2.75) is 20.0 Å². The molecule has 3 aromatic rings. The molecule has 3 rings (SSSR count).